The van der Waals surface area contributed by atoms with Gasteiger partial charge in [0.25, 0.3) is 0 Å². The Labute approximate surface area is 221 Å². The molecule has 0 N–H and O–H groups in total. The highest BCUT2D eigenvalue weighted by Gasteiger charge is 2.16. The van der Waals surface area contributed by atoms with Crippen molar-refractivity contribution in [3.63, 3.8) is 0 Å². The van der Waals surface area contributed by atoms with E-state index in [2.05, 4.69) is 84.9 Å². The van der Waals surface area contributed by atoms with Crippen LogP contribution in [-0.2, 0) is 0 Å². The van der Waals surface area contributed by atoms with Crippen LogP contribution in [0.4, 0.5) is 0 Å². The smallest absolute Gasteiger partial charge is 0.160 e. The van der Waals surface area contributed by atoms with E-state index in [1.807, 2.05) is 49.4 Å². The van der Waals surface area contributed by atoms with Crippen molar-refractivity contribution in [3.05, 3.63) is 133 Å². The molecule has 2 aromatic heterocycles. The minimum atomic E-state index is 0.708. The van der Waals surface area contributed by atoms with Crippen molar-refractivity contribution < 1.29 is 4.42 Å². The van der Waals surface area contributed by atoms with E-state index in [4.69, 9.17) is 14.4 Å². The normalized spacial score (nSPS) is 11.3. The predicted octanol–water partition coefficient (Wildman–Crippen LogP) is 9.35. The highest BCUT2D eigenvalue weighted by Crippen LogP contribution is 2.37. The predicted molar refractivity (Wildman–Crippen MR) is 156 cm³/mol. The second-order valence-corrected chi connectivity index (χ2v) is 9.53. The fourth-order valence-electron chi connectivity index (χ4n) is 5.17. The molecule has 0 radical (unpaired) electrons. The molecule has 0 spiro atoms. The van der Waals surface area contributed by atoms with Gasteiger partial charge in [0.05, 0.1) is 5.69 Å². The van der Waals surface area contributed by atoms with Gasteiger partial charge in [-0.05, 0) is 65.6 Å². The van der Waals surface area contributed by atoms with Gasteiger partial charge >= 0.3 is 0 Å². The summed E-state index contributed by atoms with van der Waals surface area (Å²) in [5, 5.41) is 2.17. The molecule has 0 bridgehead atoms. The lowest BCUT2D eigenvalue weighted by Gasteiger charge is -2.12. The van der Waals surface area contributed by atoms with E-state index >= 15 is 0 Å². The van der Waals surface area contributed by atoms with E-state index < -0.39 is 0 Å². The van der Waals surface area contributed by atoms with Crippen LogP contribution in [0.25, 0.3) is 66.8 Å². The van der Waals surface area contributed by atoms with Crippen molar-refractivity contribution in [1.29, 1.82) is 0 Å². The van der Waals surface area contributed by atoms with Crippen LogP contribution in [0.2, 0.25) is 0 Å². The average Bonchev–Trinajstić information content (AvgIpc) is 3.36. The van der Waals surface area contributed by atoms with Gasteiger partial charge in [0.1, 0.15) is 11.2 Å². The molecule has 3 nitrogen and oxygen atoms in total. The molecule has 0 unspecified atom stereocenters. The fourth-order valence-corrected chi connectivity index (χ4v) is 5.17. The molecule has 7 aromatic rings. The highest BCUT2D eigenvalue weighted by atomic mass is 16.3. The summed E-state index contributed by atoms with van der Waals surface area (Å²) in [6, 6.07) is 43.9. The first kappa shape index (κ1) is 22.2. The monoisotopic (exact) mass is 488 g/mol. The van der Waals surface area contributed by atoms with Crippen LogP contribution >= 0.6 is 0 Å². The molecule has 5 aromatic carbocycles. The Hall–Kier alpha value is -5.02. The van der Waals surface area contributed by atoms with Gasteiger partial charge in [-0.15, -0.1) is 0 Å². The first-order valence-corrected chi connectivity index (χ1v) is 12.8. The molecule has 0 saturated carbocycles. The number of fused-ring (bicyclic) bond motifs is 3. The lowest BCUT2D eigenvalue weighted by Crippen LogP contribution is -1.96. The summed E-state index contributed by atoms with van der Waals surface area (Å²) < 4.78 is 6.15. The zero-order valence-corrected chi connectivity index (χ0v) is 20.9. The Kier molecular flexibility index (Phi) is 5.33. The van der Waals surface area contributed by atoms with Crippen LogP contribution in [0.3, 0.4) is 0 Å². The molecule has 38 heavy (non-hydrogen) atoms. The average molecular weight is 489 g/mol. The molecule has 0 amide bonds. The van der Waals surface area contributed by atoms with E-state index in [0.717, 1.165) is 66.7 Å². The van der Waals surface area contributed by atoms with Gasteiger partial charge in [0, 0.05) is 27.6 Å². The molecule has 2 heterocycles. The number of benzene rings is 5. The summed E-state index contributed by atoms with van der Waals surface area (Å²) >= 11 is 0. The van der Waals surface area contributed by atoms with Crippen molar-refractivity contribution >= 4 is 21.9 Å². The zero-order chi connectivity index (χ0) is 25.5. The number of hydrogen-bond acceptors (Lipinski definition) is 3. The number of rotatable bonds is 4. The summed E-state index contributed by atoms with van der Waals surface area (Å²) in [4.78, 5) is 10.0. The maximum atomic E-state index is 6.15. The summed E-state index contributed by atoms with van der Waals surface area (Å²) in [6.45, 7) is 2.03. The lowest BCUT2D eigenvalue weighted by molar-refractivity contribution is 0.669. The van der Waals surface area contributed by atoms with E-state index in [-0.39, 0.29) is 0 Å². The lowest BCUT2D eigenvalue weighted by atomic mass is 9.95. The molecule has 0 saturated heterocycles. The number of aryl methyl sites for hydroxylation is 1. The maximum absolute atomic E-state index is 6.15. The second kappa shape index (κ2) is 9.13. The summed E-state index contributed by atoms with van der Waals surface area (Å²) in [7, 11) is 0. The van der Waals surface area contributed by atoms with Crippen LogP contribution in [0.15, 0.2) is 132 Å². The second-order valence-electron chi connectivity index (χ2n) is 9.53. The van der Waals surface area contributed by atoms with Gasteiger partial charge in [0.2, 0.25) is 0 Å². The molecule has 0 aliphatic rings. The van der Waals surface area contributed by atoms with Crippen molar-refractivity contribution in [2.75, 3.05) is 0 Å². The van der Waals surface area contributed by atoms with Crippen molar-refractivity contribution in [3.8, 4) is 44.9 Å². The van der Waals surface area contributed by atoms with Crippen LogP contribution in [-0.4, -0.2) is 9.97 Å². The van der Waals surface area contributed by atoms with Gasteiger partial charge in [-0.3, -0.25) is 0 Å². The quantitative estimate of drug-likeness (QED) is 0.248. The SMILES string of the molecule is Cc1cc(-c2cccc3oc4ccccc4c23)nc(-c2cc(-c3ccccc3)cc(-c3ccccc3)c2)n1. The Morgan fingerprint density at radius 2 is 1.11 bits per heavy atom. The topological polar surface area (TPSA) is 38.9 Å². The van der Waals surface area contributed by atoms with E-state index in [0.29, 0.717) is 5.82 Å². The van der Waals surface area contributed by atoms with Gasteiger partial charge in [-0.2, -0.15) is 0 Å². The molecule has 7 rings (SSSR count). The summed E-state index contributed by atoms with van der Waals surface area (Å²) in [5.74, 6) is 0.708. The molecule has 180 valence electrons. The number of furan rings is 1. The maximum Gasteiger partial charge on any atom is 0.160 e. The van der Waals surface area contributed by atoms with Gasteiger partial charge in [-0.1, -0.05) is 91.0 Å². The fraction of sp³-hybridized carbons (Fsp3) is 0.0286. The van der Waals surface area contributed by atoms with Crippen LogP contribution in [0.1, 0.15) is 5.69 Å². The zero-order valence-electron chi connectivity index (χ0n) is 20.9. The number of hydrogen-bond donors (Lipinski definition) is 0. The molecular weight excluding hydrogens is 464 g/mol. The van der Waals surface area contributed by atoms with Crippen LogP contribution < -0.4 is 0 Å². The van der Waals surface area contributed by atoms with E-state index in [1.165, 1.54) is 0 Å². The van der Waals surface area contributed by atoms with E-state index in [1.54, 1.807) is 0 Å². The molecule has 0 fully saturated rings. The van der Waals surface area contributed by atoms with Crippen LogP contribution in [0, 0.1) is 6.92 Å². The Morgan fingerprint density at radius 1 is 0.500 bits per heavy atom. The summed E-state index contributed by atoms with van der Waals surface area (Å²) in [5.41, 5.74) is 10.2. The number of para-hydroxylation sites is 1. The third-order valence-corrected chi connectivity index (χ3v) is 6.94. The van der Waals surface area contributed by atoms with Gasteiger partial charge in [-0.25, -0.2) is 9.97 Å². The number of aromatic nitrogens is 2. The Balaban J connectivity index is 1.44. The number of nitrogens with zero attached hydrogens (tertiary/aromatic N) is 2. The molecule has 0 atom stereocenters. The first-order chi connectivity index (χ1) is 18.7. The van der Waals surface area contributed by atoms with Gasteiger partial charge < -0.3 is 4.42 Å². The molecular formula is C35H24N2O. The Bertz CT molecular complexity index is 1860. The standard InChI is InChI=1S/C35H24N2O/c1-23-19-31(29-16-10-18-33-34(29)30-15-8-9-17-32(30)38-33)37-35(36-23)28-21-26(24-11-4-2-5-12-24)20-27(22-28)25-13-6-3-7-14-25/h2-22H,1H3. The van der Waals surface area contributed by atoms with Crippen molar-refractivity contribution in [2.45, 2.75) is 6.92 Å². The summed E-state index contributed by atoms with van der Waals surface area (Å²) in [6.07, 6.45) is 0. The largest absolute Gasteiger partial charge is 0.456 e. The Morgan fingerprint density at radius 3 is 1.82 bits per heavy atom. The van der Waals surface area contributed by atoms with Crippen LogP contribution in [0.5, 0.6) is 0 Å². The van der Waals surface area contributed by atoms with E-state index in [9.17, 15) is 0 Å². The minimum absolute atomic E-state index is 0.708. The minimum Gasteiger partial charge on any atom is -0.456 e. The highest BCUT2D eigenvalue weighted by molar-refractivity contribution is 6.12. The van der Waals surface area contributed by atoms with Gasteiger partial charge in [0.15, 0.2) is 5.82 Å². The third kappa shape index (κ3) is 3.95. The van der Waals surface area contributed by atoms with Crippen molar-refractivity contribution in [1.82, 2.24) is 9.97 Å². The molecule has 0 aliphatic carbocycles. The molecule has 3 heteroatoms. The molecule has 0 aliphatic heterocycles. The first-order valence-electron chi connectivity index (χ1n) is 12.8. The van der Waals surface area contributed by atoms with Crippen molar-refractivity contribution in [2.24, 2.45) is 0 Å². The third-order valence-electron chi connectivity index (χ3n) is 6.94.